The quantitative estimate of drug-likeness (QED) is 0.502. The first-order chi connectivity index (χ1) is 14.1. The number of thiazole rings is 1. The molecule has 0 bridgehead atoms. The summed E-state index contributed by atoms with van der Waals surface area (Å²) in [7, 11) is 0. The number of aliphatic carboxylic acids is 1. The van der Waals surface area contributed by atoms with E-state index in [0.717, 1.165) is 38.1 Å². The van der Waals surface area contributed by atoms with Crippen molar-refractivity contribution in [3.8, 4) is 22.5 Å². The predicted octanol–water partition coefficient (Wildman–Crippen LogP) is 4.79. The summed E-state index contributed by atoms with van der Waals surface area (Å²) in [5, 5.41) is 10.1. The second-order valence-electron chi connectivity index (χ2n) is 6.67. The van der Waals surface area contributed by atoms with Gasteiger partial charge in [-0.15, -0.1) is 11.3 Å². The molecule has 0 aliphatic rings. The van der Waals surface area contributed by atoms with Crippen LogP contribution >= 0.6 is 11.3 Å². The fraction of sp³-hybridized carbons (Fsp3) is 0.130. The second-order valence-corrected chi connectivity index (χ2v) is 7.84. The normalized spacial score (nSPS) is 10.8. The molecule has 0 fully saturated rings. The smallest absolute Gasteiger partial charge is 0.308 e. The summed E-state index contributed by atoms with van der Waals surface area (Å²) in [5.41, 5.74) is 4.44. The molecule has 2 aromatic carbocycles. The fourth-order valence-corrected chi connectivity index (χ4v) is 4.23. The van der Waals surface area contributed by atoms with Gasteiger partial charge >= 0.3 is 5.97 Å². The molecular weight excluding hydrogens is 382 g/mol. The minimum Gasteiger partial charge on any atom is -0.481 e. The molecule has 144 valence electrons. The van der Waals surface area contributed by atoms with Crippen LogP contribution in [0.5, 0.6) is 0 Å². The molecule has 0 amide bonds. The molecule has 4 aromatic rings. The molecule has 0 spiro atoms. The number of aromatic nitrogens is 3. The van der Waals surface area contributed by atoms with Gasteiger partial charge in [-0.25, -0.2) is 15.0 Å². The standard InChI is InChI=1S/C23H19N3O2S/c1-15-12-18(16-8-4-2-5-9-16)25-20(24-15)14-21-26-23(17-10-6-3-7-11-17)19(29-21)13-22(27)28/h2-12H,13-14H2,1H3,(H,27,28). The Morgan fingerprint density at radius 3 is 2.24 bits per heavy atom. The lowest BCUT2D eigenvalue weighted by molar-refractivity contribution is -0.136. The number of carboxylic acids is 1. The zero-order chi connectivity index (χ0) is 20.2. The van der Waals surface area contributed by atoms with Crippen molar-refractivity contribution in [3.05, 3.63) is 88.1 Å². The number of carboxylic acid groups (broad SMARTS) is 1. The molecule has 6 heteroatoms. The highest BCUT2D eigenvalue weighted by Gasteiger charge is 2.17. The van der Waals surface area contributed by atoms with Crippen molar-refractivity contribution in [1.29, 1.82) is 0 Å². The highest BCUT2D eigenvalue weighted by atomic mass is 32.1. The molecule has 0 saturated heterocycles. The molecule has 0 aliphatic heterocycles. The number of carbonyl (C=O) groups is 1. The van der Waals surface area contributed by atoms with Crippen molar-refractivity contribution in [2.75, 3.05) is 0 Å². The van der Waals surface area contributed by atoms with Crippen molar-refractivity contribution < 1.29 is 9.90 Å². The third kappa shape index (κ3) is 4.55. The number of aryl methyl sites for hydroxylation is 1. The fourth-order valence-electron chi connectivity index (χ4n) is 3.16. The molecule has 1 N–H and O–H groups in total. The van der Waals surface area contributed by atoms with Crippen LogP contribution in [0, 0.1) is 6.92 Å². The van der Waals surface area contributed by atoms with Crippen LogP contribution < -0.4 is 0 Å². The Morgan fingerprint density at radius 1 is 0.931 bits per heavy atom. The van der Waals surface area contributed by atoms with E-state index < -0.39 is 5.97 Å². The van der Waals surface area contributed by atoms with Gasteiger partial charge in [-0.3, -0.25) is 4.79 Å². The predicted molar refractivity (Wildman–Crippen MR) is 114 cm³/mol. The van der Waals surface area contributed by atoms with Gasteiger partial charge in [-0.1, -0.05) is 60.7 Å². The maximum absolute atomic E-state index is 11.3. The van der Waals surface area contributed by atoms with Gasteiger partial charge in [0, 0.05) is 21.7 Å². The van der Waals surface area contributed by atoms with Gasteiger partial charge in [-0.05, 0) is 13.0 Å². The maximum atomic E-state index is 11.3. The van der Waals surface area contributed by atoms with Crippen LogP contribution in [0.3, 0.4) is 0 Å². The van der Waals surface area contributed by atoms with E-state index in [2.05, 4.69) is 4.98 Å². The Hall–Kier alpha value is -3.38. The largest absolute Gasteiger partial charge is 0.481 e. The molecular formula is C23H19N3O2S. The van der Waals surface area contributed by atoms with E-state index in [0.29, 0.717) is 12.2 Å². The van der Waals surface area contributed by atoms with Crippen LogP contribution in [0.25, 0.3) is 22.5 Å². The number of rotatable bonds is 6. The second kappa shape index (κ2) is 8.32. The van der Waals surface area contributed by atoms with Crippen molar-refractivity contribution >= 4 is 17.3 Å². The number of nitrogens with zero attached hydrogens (tertiary/aromatic N) is 3. The Balaban J connectivity index is 1.69. The van der Waals surface area contributed by atoms with Gasteiger partial charge in [-0.2, -0.15) is 0 Å². The van der Waals surface area contributed by atoms with E-state index in [1.165, 1.54) is 11.3 Å². The molecule has 0 radical (unpaired) electrons. The minimum absolute atomic E-state index is 0.0498. The number of hydrogen-bond acceptors (Lipinski definition) is 5. The van der Waals surface area contributed by atoms with Gasteiger partial charge in [0.25, 0.3) is 0 Å². The molecule has 0 saturated carbocycles. The molecule has 0 aliphatic carbocycles. The SMILES string of the molecule is Cc1cc(-c2ccccc2)nc(Cc2nc(-c3ccccc3)c(CC(=O)O)s2)n1. The van der Waals surface area contributed by atoms with Crippen molar-refractivity contribution in [3.63, 3.8) is 0 Å². The summed E-state index contributed by atoms with van der Waals surface area (Å²) >= 11 is 1.41. The number of hydrogen-bond donors (Lipinski definition) is 1. The summed E-state index contributed by atoms with van der Waals surface area (Å²) in [4.78, 5) is 26.1. The molecule has 29 heavy (non-hydrogen) atoms. The van der Waals surface area contributed by atoms with Crippen molar-refractivity contribution in [2.45, 2.75) is 19.8 Å². The lowest BCUT2D eigenvalue weighted by Crippen LogP contribution is -2.00. The van der Waals surface area contributed by atoms with E-state index in [-0.39, 0.29) is 6.42 Å². The average molecular weight is 401 g/mol. The monoisotopic (exact) mass is 401 g/mol. The van der Waals surface area contributed by atoms with Gasteiger partial charge in [0.1, 0.15) is 10.8 Å². The summed E-state index contributed by atoms with van der Waals surface area (Å²) in [6.07, 6.45) is 0.414. The van der Waals surface area contributed by atoms with Gasteiger partial charge in [0.05, 0.1) is 24.2 Å². The first kappa shape index (κ1) is 19.0. The van der Waals surface area contributed by atoms with Crippen LogP contribution in [0.2, 0.25) is 0 Å². The van der Waals surface area contributed by atoms with E-state index in [4.69, 9.17) is 9.97 Å². The summed E-state index contributed by atoms with van der Waals surface area (Å²) in [5.74, 6) is -0.186. The Morgan fingerprint density at radius 2 is 1.59 bits per heavy atom. The topological polar surface area (TPSA) is 76.0 Å². The first-order valence-corrected chi connectivity index (χ1v) is 10.1. The molecule has 2 heterocycles. The van der Waals surface area contributed by atoms with Gasteiger partial charge < -0.3 is 5.11 Å². The summed E-state index contributed by atoms with van der Waals surface area (Å²) < 4.78 is 0. The van der Waals surface area contributed by atoms with Crippen molar-refractivity contribution in [1.82, 2.24) is 15.0 Å². The zero-order valence-electron chi connectivity index (χ0n) is 15.9. The van der Waals surface area contributed by atoms with Crippen molar-refractivity contribution in [2.24, 2.45) is 0 Å². The van der Waals surface area contributed by atoms with Crippen LogP contribution in [-0.2, 0) is 17.6 Å². The Labute approximate surface area is 172 Å². The summed E-state index contributed by atoms with van der Waals surface area (Å²) in [6.45, 7) is 1.95. The third-order valence-corrected chi connectivity index (χ3v) is 5.44. The minimum atomic E-state index is -0.865. The lowest BCUT2D eigenvalue weighted by atomic mass is 10.1. The molecule has 2 aromatic heterocycles. The van der Waals surface area contributed by atoms with Crippen LogP contribution in [0.1, 0.15) is 21.4 Å². The van der Waals surface area contributed by atoms with Crippen LogP contribution in [-0.4, -0.2) is 26.0 Å². The molecule has 0 unspecified atom stereocenters. The van der Waals surface area contributed by atoms with Gasteiger partial charge in [0.15, 0.2) is 0 Å². The van der Waals surface area contributed by atoms with Crippen LogP contribution in [0.4, 0.5) is 0 Å². The lowest BCUT2D eigenvalue weighted by Gasteiger charge is -2.05. The third-order valence-electron chi connectivity index (χ3n) is 4.38. The van der Waals surface area contributed by atoms with E-state index >= 15 is 0 Å². The Kier molecular flexibility index (Phi) is 5.44. The molecule has 5 nitrogen and oxygen atoms in total. The van der Waals surface area contributed by atoms with E-state index in [1.807, 2.05) is 73.7 Å². The highest BCUT2D eigenvalue weighted by molar-refractivity contribution is 7.12. The molecule has 4 rings (SSSR count). The Bertz CT molecular complexity index is 1140. The van der Waals surface area contributed by atoms with E-state index in [1.54, 1.807) is 0 Å². The highest BCUT2D eigenvalue weighted by Crippen LogP contribution is 2.30. The van der Waals surface area contributed by atoms with E-state index in [9.17, 15) is 9.90 Å². The maximum Gasteiger partial charge on any atom is 0.308 e. The molecule has 0 atom stereocenters. The average Bonchev–Trinajstić information content (AvgIpc) is 3.10. The van der Waals surface area contributed by atoms with Gasteiger partial charge in [0.2, 0.25) is 0 Å². The summed E-state index contributed by atoms with van der Waals surface area (Å²) in [6, 6.07) is 21.6. The number of benzene rings is 2. The first-order valence-electron chi connectivity index (χ1n) is 9.24. The van der Waals surface area contributed by atoms with Crippen LogP contribution in [0.15, 0.2) is 66.7 Å². The zero-order valence-corrected chi connectivity index (χ0v) is 16.7.